The van der Waals surface area contributed by atoms with E-state index in [0.717, 1.165) is 5.39 Å². The molecule has 1 atom stereocenters. The number of fused-ring (bicyclic) bond motifs is 1. The molecular formula is C11H14N2O2. The number of nitrogens with two attached hydrogens (primary N) is 1. The topological polar surface area (TPSA) is 82.3 Å². The average Bonchev–Trinajstić information content (AvgIpc) is 2.63. The maximum atomic E-state index is 9.72. The van der Waals surface area contributed by atoms with Crippen LogP contribution in [0.15, 0.2) is 24.3 Å². The monoisotopic (exact) mass is 206 g/mol. The summed E-state index contributed by atoms with van der Waals surface area (Å²) < 4.78 is 0. The second-order valence-electron chi connectivity index (χ2n) is 3.56. The Hall–Kier alpha value is -1.52. The lowest BCUT2D eigenvalue weighted by atomic mass is 10.2. The van der Waals surface area contributed by atoms with Gasteiger partial charge in [0, 0.05) is 11.1 Å². The number of aromatic amines is 1. The number of phenolic OH excluding ortho intramolecular Hbond substituents is 1. The van der Waals surface area contributed by atoms with Gasteiger partial charge in [0.1, 0.15) is 5.75 Å². The molecule has 0 aliphatic rings. The first-order valence-electron chi connectivity index (χ1n) is 4.91. The minimum atomic E-state index is -0.596. The Balaban J connectivity index is 2.43. The number of hydrogen-bond acceptors (Lipinski definition) is 3. The molecule has 1 aromatic carbocycles. The summed E-state index contributed by atoms with van der Waals surface area (Å²) in [7, 11) is 0. The van der Waals surface area contributed by atoms with Crippen molar-refractivity contribution in [1.82, 2.24) is 4.98 Å². The summed E-state index contributed by atoms with van der Waals surface area (Å²) in [4.78, 5) is 2.99. The molecule has 4 nitrogen and oxygen atoms in total. The van der Waals surface area contributed by atoms with Crippen LogP contribution in [0.1, 0.15) is 18.2 Å². The van der Waals surface area contributed by atoms with Gasteiger partial charge in [0.15, 0.2) is 0 Å². The number of hydrogen-bond donors (Lipinski definition) is 4. The van der Waals surface area contributed by atoms with Crippen LogP contribution in [-0.4, -0.2) is 21.7 Å². The van der Waals surface area contributed by atoms with E-state index >= 15 is 0 Å². The lowest BCUT2D eigenvalue weighted by molar-refractivity contribution is 0.166. The van der Waals surface area contributed by atoms with E-state index in [0.29, 0.717) is 24.2 Å². The molecule has 1 unspecified atom stereocenters. The van der Waals surface area contributed by atoms with Crippen LogP contribution in [0.5, 0.6) is 5.75 Å². The summed E-state index contributed by atoms with van der Waals surface area (Å²) in [6, 6.07) is 7.09. The summed E-state index contributed by atoms with van der Waals surface area (Å²) in [5, 5.41) is 20.2. The molecule has 4 heteroatoms. The summed E-state index contributed by atoms with van der Waals surface area (Å²) in [5.41, 5.74) is 6.72. The molecule has 2 aromatic rings. The number of aromatic hydroxyl groups is 1. The Kier molecular flexibility index (Phi) is 2.62. The van der Waals surface area contributed by atoms with E-state index in [1.807, 2.05) is 12.1 Å². The lowest BCUT2D eigenvalue weighted by Gasteiger charge is -2.05. The fourth-order valence-corrected chi connectivity index (χ4v) is 1.65. The van der Waals surface area contributed by atoms with Gasteiger partial charge in [-0.05, 0) is 25.1 Å². The quantitative estimate of drug-likeness (QED) is 0.610. The second kappa shape index (κ2) is 3.92. The highest BCUT2D eigenvalue weighted by atomic mass is 16.3. The third-order valence-electron chi connectivity index (χ3n) is 2.45. The van der Waals surface area contributed by atoms with Crippen molar-refractivity contribution in [2.45, 2.75) is 12.5 Å². The van der Waals surface area contributed by atoms with Gasteiger partial charge in [-0.2, -0.15) is 0 Å². The zero-order valence-corrected chi connectivity index (χ0v) is 8.27. The second-order valence-corrected chi connectivity index (χ2v) is 3.56. The fraction of sp³-hybridized carbons (Fsp3) is 0.273. The van der Waals surface area contributed by atoms with Crippen LogP contribution >= 0.6 is 0 Å². The number of rotatable bonds is 3. The molecule has 0 aliphatic carbocycles. The maximum Gasteiger partial charge on any atom is 0.139 e. The molecule has 0 bridgehead atoms. The number of aliphatic hydroxyl groups excluding tert-OH is 1. The normalized spacial score (nSPS) is 13.2. The van der Waals surface area contributed by atoms with Crippen molar-refractivity contribution in [1.29, 1.82) is 0 Å². The van der Waals surface area contributed by atoms with Crippen molar-refractivity contribution >= 4 is 10.9 Å². The predicted molar refractivity (Wildman–Crippen MR) is 58.6 cm³/mol. The van der Waals surface area contributed by atoms with E-state index in [-0.39, 0.29) is 5.75 Å². The molecule has 1 heterocycles. The number of aliphatic hydroxyl groups is 1. The van der Waals surface area contributed by atoms with Crippen LogP contribution in [-0.2, 0) is 0 Å². The highest BCUT2D eigenvalue weighted by Crippen LogP contribution is 2.27. The molecule has 5 N–H and O–H groups in total. The van der Waals surface area contributed by atoms with Gasteiger partial charge >= 0.3 is 0 Å². The summed E-state index contributed by atoms with van der Waals surface area (Å²) in [5.74, 6) is 0.193. The third-order valence-corrected chi connectivity index (χ3v) is 2.45. The van der Waals surface area contributed by atoms with Crippen molar-refractivity contribution in [3.05, 3.63) is 30.0 Å². The number of aromatic nitrogens is 1. The lowest BCUT2D eigenvalue weighted by Crippen LogP contribution is -2.06. The fourth-order valence-electron chi connectivity index (χ4n) is 1.65. The SMILES string of the molecule is NCCC(O)c1cc2cccc(O)c2[nH]1. The molecule has 0 spiro atoms. The Morgan fingerprint density at radius 3 is 2.87 bits per heavy atom. The molecule has 1 aromatic heterocycles. The van der Waals surface area contributed by atoms with Gasteiger partial charge in [0.2, 0.25) is 0 Å². The van der Waals surface area contributed by atoms with Crippen LogP contribution in [0.4, 0.5) is 0 Å². The first-order chi connectivity index (χ1) is 7.22. The van der Waals surface area contributed by atoms with Gasteiger partial charge in [0.25, 0.3) is 0 Å². The molecule has 80 valence electrons. The van der Waals surface area contributed by atoms with E-state index in [9.17, 15) is 10.2 Å². The van der Waals surface area contributed by atoms with E-state index in [2.05, 4.69) is 4.98 Å². The van der Waals surface area contributed by atoms with Gasteiger partial charge in [0.05, 0.1) is 11.6 Å². The zero-order valence-electron chi connectivity index (χ0n) is 8.27. The average molecular weight is 206 g/mol. The highest BCUT2D eigenvalue weighted by molar-refractivity contribution is 5.85. The molecule has 0 saturated heterocycles. The van der Waals surface area contributed by atoms with E-state index in [4.69, 9.17) is 5.73 Å². The number of H-pyrrole nitrogens is 1. The van der Waals surface area contributed by atoms with E-state index in [1.54, 1.807) is 12.1 Å². The van der Waals surface area contributed by atoms with E-state index in [1.165, 1.54) is 0 Å². The number of para-hydroxylation sites is 1. The molecule has 2 rings (SSSR count). The Labute approximate surface area is 87.3 Å². The third kappa shape index (κ3) is 1.82. The largest absolute Gasteiger partial charge is 0.506 e. The summed E-state index contributed by atoms with van der Waals surface area (Å²) >= 11 is 0. The van der Waals surface area contributed by atoms with Gasteiger partial charge in [-0.15, -0.1) is 0 Å². The van der Waals surface area contributed by atoms with Crippen LogP contribution in [0.25, 0.3) is 10.9 Å². The maximum absolute atomic E-state index is 9.72. The Morgan fingerprint density at radius 2 is 2.20 bits per heavy atom. The van der Waals surface area contributed by atoms with Crippen LogP contribution in [0, 0.1) is 0 Å². The molecule has 0 saturated carbocycles. The zero-order chi connectivity index (χ0) is 10.8. The molecule has 0 amide bonds. The Bertz CT molecular complexity index is 465. The molecule has 15 heavy (non-hydrogen) atoms. The van der Waals surface area contributed by atoms with Crippen LogP contribution in [0.3, 0.4) is 0 Å². The minimum absolute atomic E-state index is 0.193. The first-order valence-corrected chi connectivity index (χ1v) is 4.91. The van der Waals surface area contributed by atoms with Crippen molar-refractivity contribution in [2.24, 2.45) is 5.73 Å². The van der Waals surface area contributed by atoms with Crippen molar-refractivity contribution in [3.63, 3.8) is 0 Å². The van der Waals surface area contributed by atoms with Crippen LogP contribution in [0.2, 0.25) is 0 Å². The summed E-state index contributed by atoms with van der Waals surface area (Å²) in [6.07, 6.45) is -0.0880. The smallest absolute Gasteiger partial charge is 0.139 e. The van der Waals surface area contributed by atoms with Crippen LogP contribution < -0.4 is 5.73 Å². The highest BCUT2D eigenvalue weighted by Gasteiger charge is 2.11. The van der Waals surface area contributed by atoms with Gasteiger partial charge in [-0.1, -0.05) is 12.1 Å². The number of nitrogens with one attached hydrogen (secondary N) is 1. The van der Waals surface area contributed by atoms with Gasteiger partial charge in [-0.3, -0.25) is 0 Å². The predicted octanol–water partition coefficient (Wildman–Crippen LogP) is 1.26. The van der Waals surface area contributed by atoms with Crippen molar-refractivity contribution in [3.8, 4) is 5.75 Å². The van der Waals surface area contributed by atoms with Crippen molar-refractivity contribution in [2.75, 3.05) is 6.54 Å². The standard InChI is InChI=1S/C11H14N2O2/c12-5-4-9(14)8-6-7-2-1-3-10(15)11(7)13-8/h1-3,6,9,13-15H,4-5,12H2. The molecule has 0 fully saturated rings. The number of benzene rings is 1. The van der Waals surface area contributed by atoms with Gasteiger partial charge in [-0.25, -0.2) is 0 Å². The molecular weight excluding hydrogens is 192 g/mol. The first kappa shape index (κ1) is 10.0. The number of phenols is 1. The molecule has 0 radical (unpaired) electrons. The van der Waals surface area contributed by atoms with Crippen molar-refractivity contribution < 1.29 is 10.2 Å². The Morgan fingerprint density at radius 1 is 1.40 bits per heavy atom. The summed E-state index contributed by atoms with van der Waals surface area (Å²) in [6.45, 7) is 0.433. The molecule has 0 aliphatic heterocycles. The minimum Gasteiger partial charge on any atom is -0.506 e. The van der Waals surface area contributed by atoms with Gasteiger partial charge < -0.3 is 20.9 Å². The van der Waals surface area contributed by atoms with E-state index < -0.39 is 6.10 Å².